The van der Waals surface area contributed by atoms with Crippen LogP contribution >= 0.6 is 0 Å². The average molecular weight is 224 g/mol. The number of rotatable bonds is 6. The Morgan fingerprint density at radius 3 is 2.31 bits per heavy atom. The number of aliphatic hydroxyl groups is 1. The number of ether oxygens (including phenoxy) is 2. The minimum Gasteiger partial charge on any atom is -0.497 e. The normalized spacial score (nSPS) is 14.5. The quantitative estimate of drug-likeness (QED) is 0.806. The predicted octanol–water partition coefficient (Wildman–Crippen LogP) is 2.40. The molecule has 0 aliphatic rings. The lowest BCUT2D eigenvalue weighted by Gasteiger charge is -2.16. The molecule has 1 aromatic carbocycles. The van der Waals surface area contributed by atoms with Crippen LogP contribution < -0.4 is 4.74 Å². The topological polar surface area (TPSA) is 38.7 Å². The van der Waals surface area contributed by atoms with Gasteiger partial charge in [0, 0.05) is 13.7 Å². The van der Waals surface area contributed by atoms with E-state index in [4.69, 9.17) is 9.47 Å². The summed E-state index contributed by atoms with van der Waals surface area (Å²) in [5, 5.41) is 9.98. The molecule has 16 heavy (non-hydrogen) atoms. The highest BCUT2D eigenvalue weighted by Crippen LogP contribution is 2.23. The molecule has 3 heteroatoms. The number of methoxy groups -OCH3 is 2. The number of benzene rings is 1. The Bertz CT molecular complexity index is 295. The standard InChI is InChI=1S/C13H20O3/c1-10(9-15-2)8-13(14)11-4-6-12(16-3)7-5-11/h4-7,10,13-14H,8-9H2,1-3H3. The van der Waals surface area contributed by atoms with Crippen molar-refractivity contribution in [2.24, 2.45) is 5.92 Å². The van der Waals surface area contributed by atoms with Gasteiger partial charge in [0.2, 0.25) is 0 Å². The van der Waals surface area contributed by atoms with Gasteiger partial charge < -0.3 is 14.6 Å². The fourth-order valence-corrected chi connectivity index (χ4v) is 1.70. The Balaban J connectivity index is 2.55. The van der Waals surface area contributed by atoms with Gasteiger partial charge in [-0.05, 0) is 30.0 Å². The summed E-state index contributed by atoms with van der Waals surface area (Å²) >= 11 is 0. The van der Waals surface area contributed by atoms with Gasteiger partial charge in [0.1, 0.15) is 5.75 Å². The molecule has 0 aromatic heterocycles. The average Bonchev–Trinajstić information content (AvgIpc) is 2.29. The van der Waals surface area contributed by atoms with Crippen molar-refractivity contribution in [3.63, 3.8) is 0 Å². The van der Waals surface area contributed by atoms with Crippen molar-refractivity contribution >= 4 is 0 Å². The van der Waals surface area contributed by atoms with Crippen LogP contribution in [0.1, 0.15) is 25.0 Å². The molecular weight excluding hydrogens is 204 g/mol. The van der Waals surface area contributed by atoms with Crippen molar-refractivity contribution in [1.29, 1.82) is 0 Å². The second kappa shape index (κ2) is 6.51. The molecule has 1 aromatic rings. The summed E-state index contributed by atoms with van der Waals surface area (Å²) < 4.78 is 10.1. The van der Waals surface area contributed by atoms with Crippen LogP contribution in [0.5, 0.6) is 5.75 Å². The monoisotopic (exact) mass is 224 g/mol. The fraction of sp³-hybridized carbons (Fsp3) is 0.538. The van der Waals surface area contributed by atoms with Crippen molar-refractivity contribution < 1.29 is 14.6 Å². The van der Waals surface area contributed by atoms with E-state index in [1.165, 1.54) is 0 Å². The van der Waals surface area contributed by atoms with Crippen molar-refractivity contribution in [3.8, 4) is 5.75 Å². The number of hydrogen-bond acceptors (Lipinski definition) is 3. The Morgan fingerprint density at radius 1 is 1.19 bits per heavy atom. The van der Waals surface area contributed by atoms with Crippen LogP contribution in [0, 0.1) is 5.92 Å². The Kier molecular flexibility index (Phi) is 5.29. The molecule has 1 rings (SSSR count). The summed E-state index contributed by atoms with van der Waals surface area (Å²) in [6, 6.07) is 7.51. The Labute approximate surface area is 97.0 Å². The molecule has 0 spiro atoms. The third kappa shape index (κ3) is 3.83. The third-order valence-electron chi connectivity index (χ3n) is 2.58. The van der Waals surface area contributed by atoms with E-state index in [9.17, 15) is 5.11 Å². The number of hydrogen-bond donors (Lipinski definition) is 1. The van der Waals surface area contributed by atoms with E-state index in [0.29, 0.717) is 18.9 Å². The van der Waals surface area contributed by atoms with E-state index in [1.807, 2.05) is 24.3 Å². The van der Waals surface area contributed by atoms with Crippen LogP contribution in [0.2, 0.25) is 0 Å². The lowest BCUT2D eigenvalue weighted by molar-refractivity contribution is 0.102. The first-order valence-corrected chi connectivity index (χ1v) is 5.48. The van der Waals surface area contributed by atoms with Gasteiger partial charge in [-0.2, -0.15) is 0 Å². The zero-order valence-corrected chi connectivity index (χ0v) is 10.1. The van der Waals surface area contributed by atoms with Gasteiger partial charge >= 0.3 is 0 Å². The van der Waals surface area contributed by atoms with Crippen LogP contribution in [-0.2, 0) is 4.74 Å². The molecule has 0 amide bonds. The summed E-state index contributed by atoms with van der Waals surface area (Å²) in [4.78, 5) is 0. The van der Waals surface area contributed by atoms with Crippen molar-refractivity contribution in [2.45, 2.75) is 19.4 Å². The molecular formula is C13H20O3. The molecule has 3 nitrogen and oxygen atoms in total. The van der Waals surface area contributed by atoms with Gasteiger partial charge in [-0.25, -0.2) is 0 Å². The summed E-state index contributed by atoms with van der Waals surface area (Å²) in [5.74, 6) is 1.16. The van der Waals surface area contributed by atoms with Crippen molar-refractivity contribution in [1.82, 2.24) is 0 Å². The number of aliphatic hydroxyl groups excluding tert-OH is 1. The SMILES string of the molecule is COCC(C)CC(O)c1ccc(OC)cc1. The summed E-state index contributed by atoms with van der Waals surface area (Å²) in [7, 11) is 3.31. The highest BCUT2D eigenvalue weighted by molar-refractivity contribution is 5.28. The highest BCUT2D eigenvalue weighted by atomic mass is 16.5. The molecule has 0 bridgehead atoms. The molecule has 0 saturated heterocycles. The minimum atomic E-state index is -0.434. The minimum absolute atomic E-state index is 0.349. The molecule has 1 N–H and O–H groups in total. The molecule has 0 heterocycles. The molecule has 0 radical (unpaired) electrons. The van der Waals surface area contributed by atoms with Crippen molar-refractivity contribution in [2.75, 3.05) is 20.8 Å². The van der Waals surface area contributed by atoms with E-state index < -0.39 is 6.10 Å². The second-order valence-electron chi connectivity index (χ2n) is 4.09. The summed E-state index contributed by atoms with van der Waals surface area (Å²) in [6.45, 7) is 2.74. The molecule has 0 aliphatic heterocycles. The molecule has 2 unspecified atom stereocenters. The van der Waals surface area contributed by atoms with Gasteiger partial charge in [0.05, 0.1) is 13.2 Å². The fourth-order valence-electron chi connectivity index (χ4n) is 1.70. The maximum absolute atomic E-state index is 9.98. The van der Waals surface area contributed by atoms with E-state index in [2.05, 4.69) is 6.92 Å². The van der Waals surface area contributed by atoms with Gasteiger partial charge in [-0.15, -0.1) is 0 Å². The van der Waals surface area contributed by atoms with Crippen LogP contribution in [0.3, 0.4) is 0 Å². The second-order valence-corrected chi connectivity index (χ2v) is 4.09. The van der Waals surface area contributed by atoms with E-state index in [-0.39, 0.29) is 0 Å². The third-order valence-corrected chi connectivity index (χ3v) is 2.58. The first kappa shape index (κ1) is 13.0. The van der Waals surface area contributed by atoms with E-state index in [0.717, 1.165) is 11.3 Å². The highest BCUT2D eigenvalue weighted by Gasteiger charge is 2.12. The van der Waals surface area contributed by atoms with Crippen LogP contribution in [0.4, 0.5) is 0 Å². The van der Waals surface area contributed by atoms with E-state index in [1.54, 1.807) is 14.2 Å². The van der Waals surface area contributed by atoms with Crippen molar-refractivity contribution in [3.05, 3.63) is 29.8 Å². The smallest absolute Gasteiger partial charge is 0.118 e. The Hall–Kier alpha value is -1.06. The van der Waals surface area contributed by atoms with Gasteiger partial charge in [-0.3, -0.25) is 0 Å². The zero-order valence-electron chi connectivity index (χ0n) is 10.1. The predicted molar refractivity (Wildman–Crippen MR) is 63.6 cm³/mol. The lowest BCUT2D eigenvalue weighted by atomic mass is 9.99. The molecule has 0 aliphatic carbocycles. The van der Waals surface area contributed by atoms with Crippen LogP contribution in [0.15, 0.2) is 24.3 Å². The maximum atomic E-state index is 9.98. The van der Waals surface area contributed by atoms with Gasteiger partial charge in [0.25, 0.3) is 0 Å². The largest absolute Gasteiger partial charge is 0.497 e. The van der Waals surface area contributed by atoms with Gasteiger partial charge in [-0.1, -0.05) is 19.1 Å². The molecule has 2 atom stereocenters. The van der Waals surface area contributed by atoms with Gasteiger partial charge in [0.15, 0.2) is 0 Å². The van der Waals surface area contributed by atoms with Crippen LogP contribution in [0.25, 0.3) is 0 Å². The Morgan fingerprint density at radius 2 is 1.81 bits per heavy atom. The maximum Gasteiger partial charge on any atom is 0.118 e. The summed E-state index contributed by atoms with van der Waals surface area (Å²) in [5.41, 5.74) is 0.920. The van der Waals surface area contributed by atoms with E-state index >= 15 is 0 Å². The zero-order chi connectivity index (χ0) is 12.0. The first-order chi connectivity index (χ1) is 7.67. The lowest BCUT2D eigenvalue weighted by Crippen LogP contribution is -2.09. The molecule has 0 fully saturated rings. The molecule has 90 valence electrons. The van der Waals surface area contributed by atoms with Crippen LogP contribution in [-0.4, -0.2) is 25.9 Å². The summed E-state index contributed by atoms with van der Waals surface area (Å²) in [6.07, 6.45) is 0.274. The first-order valence-electron chi connectivity index (χ1n) is 5.48. The molecule has 0 saturated carbocycles.